The van der Waals surface area contributed by atoms with Gasteiger partial charge in [0.25, 0.3) is 0 Å². The van der Waals surface area contributed by atoms with E-state index in [-0.39, 0.29) is 30.1 Å². The molecule has 1 atom stereocenters. The summed E-state index contributed by atoms with van der Waals surface area (Å²) in [6, 6.07) is 17.8. The van der Waals surface area contributed by atoms with Crippen LogP contribution in [0.5, 0.6) is 11.5 Å². The average molecular weight is 538 g/mol. The van der Waals surface area contributed by atoms with Gasteiger partial charge in [-0.05, 0) is 19.1 Å². The number of para-hydroxylation sites is 2. The molecule has 1 unspecified atom stereocenters. The summed E-state index contributed by atoms with van der Waals surface area (Å²) >= 11 is 1.63. The molecule has 30 heavy (non-hydrogen) atoms. The smallest absolute Gasteiger partial charge is 0.191 e. The van der Waals surface area contributed by atoms with Gasteiger partial charge in [0.05, 0.1) is 25.9 Å². The molecule has 8 heteroatoms. The first-order chi connectivity index (χ1) is 14.2. The summed E-state index contributed by atoms with van der Waals surface area (Å²) in [5.41, 5.74) is 2.12. The summed E-state index contributed by atoms with van der Waals surface area (Å²) in [5, 5.41) is 9.66. The summed E-state index contributed by atoms with van der Waals surface area (Å²) in [5.74, 6) is 2.15. The number of benzene rings is 2. The molecule has 1 aromatic heterocycles. The average Bonchev–Trinajstić information content (AvgIpc) is 3.24. The van der Waals surface area contributed by atoms with Crippen LogP contribution >= 0.6 is 35.3 Å². The molecule has 160 valence electrons. The number of aromatic nitrogens is 1. The molecule has 0 saturated carbocycles. The third-order valence-electron chi connectivity index (χ3n) is 4.21. The molecule has 0 fully saturated rings. The molecule has 0 saturated heterocycles. The lowest BCUT2D eigenvalue weighted by atomic mass is 10.2. The molecule has 0 amide bonds. The monoisotopic (exact) mass is 538 g/mol. The number of methoxy groups -OCH3 is 1. The normalized spacial score (nSPS) is 11.9. The molecule has 0 bridgehead atoms. The predicted octanol–water partition coefficient (Wildman–Crippen LogP) is 4.57. The summed E-state index contributed by atoms with van der Waals surface area (Å²) in [4.78, 5) is 8.96. The van der Waals surface area contributed by atoms with Crippen LogP contribution < -0.4 is 20.1 Å². The minimum absolute atomic E-state index is 0. The fourth-order valence-corrected chi connectivity index (χ4v) is 3.47. The minimum atomic E-state index is -0.0607. The second kappa shape index (κ2) is 12.4. The zero-order chi connectivity index (χ0) is 20.5. The van der Waals surface area contributed by atoms with E-state index in [1.807, 2.05) is 49.4 Å². The Morgan fingerprint density at radius 1 is 1.07 bits per heavy atom. The highest BCUT2D eigenvalue weighted by Crippen LogP contribution is 2.26. The number of nitrogens with zero attached hydrogens (tertiary/aromatic N) is 2. The van der Waals surface area contributed by atoms with E-state index in [1.165, 1.54) is 0 Å². The van der Waals surface area contributed by atoms with Gasteiger partial charge in [0.2, 0.25) is 0 Å². The molecule has 2 aromatic carbocycles. The number of hydrogen-bond donors (Lipinski definition) is 2. The first-order valence-electron chi connectivity index (χ1n) is 9.43. The van der Waals surface area contributed by atoms with Gasteiger partial charge in [-0.1, -0.05) is 42.5 Å². The molecule has 0 aliphatic rings. The quantitative estimate of drug-likeness (QED) is 0.250. The van der Waals surface area contributed by atoms with E-state index in [0.29, 0.717) is 19.0 Å². The van der Waals surface area contributed by atoms with Crippen molar-refractivity contribution in [2.75, 3.05) is 20.7 Å². The molecule has 0 radical (unpaired) electrons. The zero-order valence-electron chi connectivity index (χ0n) is 17.3. The van der Waals surface area contributed by atoms with Crippen LogP contribution in [0.4, 0.5) is 0 Å². The van der Waals surface area contributed by atoms with Crippen molar-refractivity contribution in [2.24, 2.45) is 4.99 Å². The van der Waals surface area contributed by atoms with Gasteiger partial charge in [0, 0.05) is 18.0 Å². The Morgan fingerprint density at radius 3 is 2.47 bits per heavy atom. The molecule has 0 aliphatic heterocycles. The van der Waals surface area contributed by atoms with Crippen LogP contribution in [0.1, 0.15) is 11.9 Å². The lowest BCUT2D eigenvalue weighted by Gasteiger charge is -2.18. The van der Waals surface area contributed by atoms with E-state index in [0.717, 1.165) is 27.8 Å². The number of guanidine groups is 1. The van der Waals surface area contributed by atoms with Crippen molar-refractivity contribution < 1.29 is 9.47 Å². The van der Waals surface area contributed by atoms with Crippen LogP contribution in [0.2, 0.25) is 0 Å². The standard InChI is InChI=1S/C22H26N4O2S.HI/c1-16(28-20-12-8-7-11-19(20)27-3)13-24-22(23-2)25-14-21-26-18(15-29-21)17-9-5-4-6-10-17;/h4-12,15-16H,13-14H2,1-3H3,(H2,23,24,25);1H. The second-order valence-corrected chi connectivity index (χ2v) is 7.32. The molecule has 2 N–H and O–H groups in total. The van der Waals surface area contributed by atoms with Crippen molar-refractivity contribution in [3.05, 3.63) is 65.0 Å². The Labute approximate surface area is 198 Å². The van der Waals surface area contributed by atoms with Crippen molar-refractivity contribution in [3.63, 3.8) is 0 Å². The van der Waals surface area contributed by atoms with Gasteiger partial charge in [0.15, 0.2) is 17.5 Å². The topological polar surface area (TPSA) is 67.8 Å². The lowest BCUT2D eigenvalue weighted by molar-refractivity contribution is 0.213. The third kappa shape index (κ3) is 6.88. The van der Waals surface area contributed by atoms with Gasteiger partial charge in [-0.3, -0.25) is 4.99 Å². The summed E-state index contributed by atoms with van der Waals surface area (Å²) in [7, 11) is 3.39. The van der Waals surface area contributed by atoms with Gasteiger partial charge < -0.3 is 20.1 Å². The molecule has 3 rings (SSSR count). The number of halogens is 1. The molecule has 1 heterocycles. The zero-order valence-corrected chi connectivity index (χ0v) is 20.4. The van der Waals surface area contributed by atoms with E-state index >= 15 is 0 Å². The van der Waals surface area contributed by atoms with Crippen molar-refractivity contribution >= 4 is 41.3 Å². The van der Waals surface area contributed by atoms with Crippen molar-refractivity contribution in [1.82, 2.24) is 15.6 Å². The molecule has 3 aromatic rings. The fourth-order valence-electron chi connectivity index (χ4n) is 2.73. The largest absolute Gasteiger partial charge is 0.493 e. The molecular formula is C22H27IN4O2S. The fraction of sp³-hybridized carbons (Fsp3) is 0.273. The van der Waals surface area contributed by atoms with Gasteiger partial charge in [0.1, 0.15) is 11.1 Å². The molecule has 0 spiro atoms. The van der Waals surface area contributed by atoms with Crippen molar-refractivity contribution in [2.45, 2.75) is 19.6 Å². The van der Waals surface area contributed by atoms with Gasteiger partial charge in [-0.2, -0.15) is 0 Å². The Balaban J connectivity index is 0.00000320. The number of hydrogen-bond acceptors (Lipinski definition) is 5. The van der Waals surface area contributed by atoms with Gasteiger partial charge in [-0.25, -0.2) is 4.98 Å². The highest BCUT2D eigenvalue weighted by Gasteiger charge is 2.10. The Hall–Kier alpha value is -2.33. The highest BCUT2D eigenvalue weighted by molar-refractivity contribution is 14.0. The van der Waals surface area contributed by atoms with Crippen LogP contribution in [0.15, 0.2) is 65.0 Å². The summed E-state index contributed by atoms with van der Waals surface area (Å²) in [6.07, 6.45) is -0.0607. The molecular weight excluding hydrogens is 511 g/mol. The molecule has 0 aliphatic carbocycles. The summed E-state index contributed by atoms with van der Waals surface area (Å²) in [6.45, 7) is 3.21. The predicted molar refractivity (Wildman–Crippen MR) is 134 cm³/mol. The SMILES string of the molecule is CN=C(NCc1nc(-c2ccccc2)cs1)NCC(C)Oc1ccccc1OC.I. The maximum atomic E-state index is 5.97. The minimum Gasteiger partial charge on any atom is -0.493 e. The first kappa shape index (κ1) is 23.9. The Morgan fingerprint density at radius 2 is 1.77 bits per heavy atom. The van der Waals surface area contributed by atoms with E-state index in [2.05, 4.69) is 33.1 Å². The van der Waals surface area contributed by atoms with Crippen molar-refractivity contribution in [3.8, 4) is 22.8 Å². The Bertz CT molecular complexity index is 934. The summed E-state index contributed by atoms with van der Waals surface area (Å²) < 4.78 is 11.3. The van der Waals surface area contributed by atoms with Gasteiger partial charge >= 0.3 is 0 Å². The van der Waals surface area contributed by atoms with Crippen LogP contribution in [0, 0.1) is 0 Å². The van der Waals surface area contributed by atoms with Crippen LogP contribution in [-0.2, 0) is 6.54 Å². The molecule has 6 nitrogen and oxygen atoms in total. The highest BCUT2D eigenvalue weighted by atomic mass is 127. The second-order valence-electron chi connectivity index (χ2n) is 6.38. The number of nitrogens with one attached hydrogen (secondary N) is 2. The Kier molecular flexibility index (Phi) is 9.88. The van der Waals surface area contributed by atoms with E-state index in [4.69, 9.17) is 14.5 Å². The van der Waals surface area contributed by atoms with E-state index < -0.39 is 0 Å². The maximum Gasteiger partial charge on any atom is 0.191 e. The van der Waals surface area contributed by atoms with Crippen LogP contribution in [-0.4, -0.2) is 37.7 Å². The third-order valence-corrected chi connectivity index (χ3v) is 5.05. The number of ether oxygens (including phenoxy) is 2. The maximum absolute atomic E-state index is 5.97. The van der Waals surface area contributed by atoms with Crippen LogP contribution in [0.3, 0.4) is 0 Å². The number of rotatable bonds is 8. The first-order valence-corrected chi connectivity index (χ1v) is 10.3. The van der Waals surface area contributed by atoms with Gasteiger partial charge in [-0.15, -0.1) is 35.3 Å². The number of aliphatic imine (C=N–C) groups is 1. The van der Waals surface area contributed by atoms with Crippen molar-refractivity contribution in [1.29, 1.82) is 0 Å². The lowest BCUT2D eigenvalue weighted by Crippen LogP contribution is -2.41. The number of thiazole rings is 1. The van der Waals surface area contributed by atoms with E-state index in [9.17, 15) is 0 Å². The van der Waals surface area contributed by atoms with Crippen LogP contribution in [0.25, 0.3) is 11.3 Å². The van der Waals surface area contributed by atoms with E-state index in [1.54, 1.807) is 25.5 Å².